The number of furan rings is 2. The van der Waals surface area contributed by atoms with Gasteiger partial charge in [0.25, 0.3) is 0 Å². The molecule has 0 saturated heterocycles. The molecule has 0 saturated carbocycles. The zero-order valence-electron chi connectivity index (χ0n) is 26.6. The molecule has 0 amide bonds. The van der Waals surface area contributed by atoms with Gasteiger partial charge in [0.2, 0.25) is 0 Å². The Balaban J connectivity index is 1.27. The molecule has 0 atom stereocenters. The van der Waals surface area contributed by atoms with Crippen LogP contribution in [0.15, 0.2) is 137 Å². The summed E-state index contributed by atoms with van der Waals surface area (Å²) in [5.74, 6) is 0.909. The molecule has 0 spiro atoms. The molecule has 2 aliphatic rings. The van der Waals surface area contributed by atoms with Crippen molar-refractivity contribution in [1.29, 1.82) is 0 Å². The molecular weight excluding hydrogens is 590 g/mol. The third-order valence-electron chi connectivity index (χ3n) is 10.2. The van der Waals surface area contributed by atoms with E-state index in [9.17, 15) is 0 Å². The summed E-state index contributed by atoms with van der Waals surface area (Å²) in [6.45, 7) is 5.42. The van der Waals surface area contributed by atoms with Crippen molar-refractivity contribution in [2.45, 2.75) is 25.8 Å². The summed E-state index contributed by atoms with van der Waals surface area (Å²) in [7, 11) is 0. The highest BCUT2D eigenvalue weighted by Gasteiger charge is 2.37. The van der Waals surface area contributed by atoms with Crippen molar-refractivity contribution < 1.29 is 8.83 Å². The second-order valence-electron chi connectivity index (χ2n) is 13.3. The Morgan fingerprint density at radius 1 is 0.667 bits per heavy atom. The van der Waals surface area contributed by atoms with E-state index in [1.807, 2.05) is 24.5 Å². The van der Waals surface area contributed by atoms with Gasteiger partial charge >= 0.3 is 0 Å². The van der Waals surface area contributed by atoms with Crippen LogP contribution >= 0.6 is 0 Å². The van der Waals surface area contributed by atoms with E-state index in [1.165, 1.54) is 27.8 Å². The van der Waals surface area contributed by atoms with Crippen LogP contribution in [0.4, 0.5) is 17.1 Å². The standard InChI is InChI=1S/C43H31N3O2/c1-43(2)36-11-7-6-10-29(36)33-22-32(26-8-4-3-5-9-26)38(23-37(33)43)46(27-12-14-30-34-24-44-18-16-39(34)47-41(30)20-27)28-13-15-31-35-25-45-19-17-40(35)48-42(31)21-28/h3-24,45H,25H2,1-2H3. The summed E-state index contributed by atoms with van der Waals surface area (Å²) < 4.78 is 12.9. The first kappa shape index (κ1) is 27.1. The first-order valence-corrected chi connectivity index (χ1v) is 16.4. The quantitative estimate of drug-likeness (QED) is 0.212. The number of nitrogens with zero attached hydrogens (tertiary/aromatic N) is 2. The zero-order valence-corrected chi connectivity index (χ0v) is 26.6. The molecule has 10 rings (SSSR count). The summed E-state index contributed by atoms with van der Waals surface area (Å²) in [6, 6.07) is 39.4. The predicted molar refractivity (Wildman–Crippen MR) is 195 cm³/mol. The second-order valence-corrected chi connectivity index (χ2v) is 13.3. The topological polar surface area (TPSA) is 54.4 Å². The molecule has 48 heavy (non-hydrogen) atoms. The molecule has 1 aliphatic heterocycles. The summed E-state index contributed by atoms with van der Waals surface area (Å²) in [5.41, 5.74) is 14.2. The smallest absolute Gasteiger partial charge is 0.138 e. The summed E-state index contributed by atoms with van der Waals surface area (Å²) in [6.07, 6.45) is 7.61. The number of nitrogens with one attached hydrogen (secondary N) is 1. The normalized spacial score (nSPS) is 14.2. The molecule has 0 radical (unpaired) electrons. The maximum Gasteiger partial charge on any atom is 0.138 e. The van der Waals surface area contributed by atoms with E-state index in [2.05, 4.69) is 132 Å². The largest absolute Gasteiger partial charge is 0.456 e. The average molecular weight is 622 g/mol. The molecule has 0 bridgehead atoms. The Labute approximate surface area is 277 Å². The third-order valence-corrected chi connectivity index (χ3v) is 10.2. The van der Waals surface area contributed by atoms with E-state index in [1.54, 1.807) is 6.20 Å². The van der Waals surface area contributed by atoms with Crippen LogP contribution in [-0.4, -0.2) is 4.98 Å². The Morgan fingerprint density at radius 2 is 1.44 bits per heavy atom. The van der Waals surface area contributed by atoms with Crippen LogP contribution < -0.4 is 10.2 Å². The fraction of sp³-hybridized carbons (Fsp3) is 0.0930. The molecule has 1 aliphatic carbocycles. The Kier molecular flexibility index (Phi) is 5.62. The van der Waals surface area contributed by atoms with Gasteiger partial charge in [-0.1, -0.05) is 68.4 Å². The lowest BCUT2D eigenvalue weighted by molar-refractivity contribution is 0.592. The van der Waals surface area contributed by atoms with E-state index in [-0.39, 0.29) is 5.41 Å². The molecule has 0 unspecified atom stereocenters. The van der Waals surface area contributed by atoms with Gasteiger partial charge in [0.15, 0.2) is 0 Å². The average Bonchev–Trinajstić information content (AvgIpc) is 3.76. The number of hydrogen-bond acceptors (Lipinski definition) is 5. The number of fused-ring (bicyclic) bond motifs is 9. The Hall–Kier alpha value is -6.07. The van der Waals surface area contributed by atoms with Gasteiger partial charge < -0.3 is 19.1 Å². The lowest BCUT2D eigenvalue weighted by Crippen LogP contribution is -2.17. The van der Waals surface area contributed by atoms with Gasteiger partial charge in [-0.15, -0.1) is 0 Å². The van der Waals surface area contributed by atoms with Crippen molar-refractivity contribution in [1.82, 2.24) is 10.3 Å². The van der Waals surface area contributed by atoms with Crippen molar-refractivity contribution in [3.63, 3.8) is 0 Å². The fourth-order valence-electron chi connectivity index (χ4n) is 7.86. The van der Waals surface area contributed by atoms with E-state index in [0.717, 1.165) is 73.4 Å². The van der Waals surface area contributed by atoms with Crippen LogP contribution in [-0.2, 0) is 12.0 Å². The Morgan fingerprint density at radius 3 is 2.29 bits per heavy atom. The molecule has 1 N–H and O–H groups in total. The van der Waals surface area contributed by atoms with Crippen LogP contribution in [0.1, 0.15) is 36.3 Å². The molecule has 8 aromatic rings. The van der Waals surface area contributed by atoms with Crippen molar-refractivity contribution in [3.05, 3.63) is 150 Å². The van der Waals surface area contributed by atoms with Gasteiger partial charge in [0.05, 0.1) is 5.69 Å². The van der Waals surface area contributed by atoms with Crippen molar-refractivity contribution in [3.8, 4) is 22.3 Å². The lowest BCUT2D eigenvalue weighted by Gasteiger charge is -2.30. The second kappa shape index (κ2) is 9.96. The van der Waals surface area contributed by atoms with Gasteiger partial charge in [0.1, 0.15) is 22.5 Å². The first-order valence-electron chi connectivity index (χ1n) is 16.4. The summed E-state index contributed by atoms with van der Waals surface area (Å²) in [4.78, 5) is 6.73. The number of benzene rings is 5. The lowest BCUT2D eigenvalue weighted by atomic mass is 9.81. The van der Waals surface area contributed by atoms with Crippen LogP contribution in [0.2, 0.25) is 0 Å². The van der Waals surface area contributed by atoms with Crippen molar-refractivity contribution in [2.75, 3.05) is 4.90 Å². The highest BCUT2D eigenvalue weighted by atomic mass is 16.3. The molecule has 0 fully saturated rings. The van der Waals surface area contributed by atoms with E-state index in [4.69, 9.17) is 8.83 Å². The van der Waals surface area contributed by atoms with Gasteiger partial charge in [0, 0.05) is 81.3 Å². The maximum atomic E-state index is 6.45. The molecule has 5 heteroatoms. The van der Waals surface area contributed by atoms with Gasteiger partial charge in [-0.2, -0.15) is 0 Å². The number of anilines is 3. The van der Waals surface area contributed by atoms with E-state index in [0.29, 0.717) is 0 Å². The Bertz CT molecular complexity index is 2610. The van der Waals surface area contributed by atoms with E-state index >= 15 is 0 Å². The molecular formula is C43H31N3O2. The summed E-state index contributed by atoms with van der Waals surface area (Å²) in [5, 5.41) is 6.52. The van der Waals surface area contributed by atoms with Crippen LogP contribution in [0, 0.1) is 0 Å². The molecule has 4 heterocycles. The van der Waals surface area contributed by atoms with Crippen LogP contribution in [0.25, 0.3) is 61.2 Å². The van der Waals surface area contributed by atoms with Gasteiger partial charge in [-0.3, -0.25) is 4.98 Å². The number of rotatable bonds is 4. The van der Waals surface area contributed by atoms with Gasteiger partial charge in [-0.25, -0.2) is 0 Å². The van der Waals surface area contributed by atoms with E-state index < -0.39 is 0 Å². The number of hydrogen-bond donors (Lipinski definition) is 1. The van der Waals surface area contributed by atoms with Crippen LogP contribution in [0.5, 0.6) is 0 Å². The van der Waals surface area contributed by atoms with Crippen molar-refractivity contribution in [2.24, 2.45) is 0 Å². The minimum atomic E-state index is -0.166. The molecule has 3 aromatic heterocycles. The molecule has 5 nitrogen and oxygen atoms in total. The minimum Gasteiger partial charge on any atom is -0.456 e. The SMILES string of the molecule is CC1(C)c2ccccc2-c2cc(-c3ccccc3)c(N(c3ccc4c5c(oc4c3)C=CNC5)c3ccc4c(c3)oc3ccncc34)cc21. The highest BCUT2D eigenvalue weighted by molar-refractivity contribution is 6.06. The van der Waals surface area contributed by atoms with Crippen molar-refractivity contribution >= 4 is 56.0 Å². The highest BCUT2D eigenvalue weighted by Crippen LogP contribution is 2.53. The first-order chi connectivity index (χ1) is 23.5. The zero-order chi connectivity index (χ0) is 32.0. The number of aromatic nitrogens is 1. The maximum absolute atomic E-state index is 6.45. The van der Waals surface area contributed by atoms with Crippen LogP contribution in [0.3, 0.4) is 0 Å². The third kappa shape index (κ3) is 3.88. The molecule has 230 valence electrons. The minimum absolute atomic E-state index is 0.166. The summed E-state index contributed by atoms with van der Waals surface area (Å²) >= 11 is 0. The monoisotopic (exact) mass is 621 g/mol. The fourth-order valence-corrected chi connectivity index (χ4v) is 7.86. The predicted octanol–water partition coefficient (Wildman–Crippen LogP) is 11.2. The van der Waals surface area contributed by atoms with Gasteiger partial charge in [-0.05, 0) is 76.4 Å². The number of pyridine rings is 1. The molecule has 5 aromatic carbocycles.